The second kappa shape index (κ2) is 5.68. The molecular weight excluding hydrogens is 246 g/mol. The molecule has 0 bridgehead atoms. The van der Waals surface area contributed by atoms with Gasteiger partial charge in [-0.25, -0.2) is 4.99 Å². The molecule has 0 unspecified atom stereocenters. The lowest BCUT2D eigenvalue weighted by Crippen LogP contribution is -2.07. The highest BCUT2D eigenvalue weighted by molar-refractivity contribution is 7.98. The van der Waals surface area contributed by atoms with Crippen LogP contribution >= 0.6 is 11.8 Å². The van der Waals surface area contributed by atoms with Crippen LogP contribution in [0.1, 0.15) is 0 Å². The minimum Gasteiger partial charge on any atom is -0.369 e. The normalized spacial score (nSPS) is 11.1. The van der Waals surface area contributed by atoms with Crippen molar-refractivity contribution in [3.63, 3.8) is 0 Å². The van der Waals surface area contributed by atoms with E-state index in [4.69, 9.17) is 0 Å². The predicted octanol–water partition coefficient (Wildman–Crippen LogP) is 2.21. The molecule has 0 fully saturated rings. The fourth-order valence-corrected chi connectivity index (χ4v) is 1.70. The van der Waals surface area contributed by atoms with Crippen LogP contribution in [0.15, 0.2) is 40.5 Å². The van der Waals surface area contributed by atoms with Crippen LogP contribution in [0.4, 0.5) is 5.95 Å². The summed E-state index contributed by atoms with van der Waals surface area (Å²) in [6.45, 7) is 0. The van der Waals surface area contributed by atoms with E-state index < -0.39 is 0 Å². The van der Waals surface area contributed by atoms with E-state index in [0.29, 0.717) is 11.1 Å². The third kappa shape index (κ3) is 2.89. The van der Waals surface area contributed by atoms with E-state index in [1.54, 1.807) is 11.0 Å². The summed E-state index contributed by atoms with van der Waals surface area (Å²) in [5.41, 5.74) is 0.955. The minimum absolute atomic E-state index is 0.583. The lowest BCUT2D eigenvalue weighted by atomic mass is 10.3. The summed E-state index contributed by atoms with van der Waals surface area (Å²) in [5.74, 6) is 0.583. The Balaban J connectivity index is 2.42. The van der Waals surface area contributed by atoms with Gasteiger partial charge in [0.2, 0.25) is 5.16 Å². The highest BCUT2D eigenvalue weighted by atomic mass is 32.2. The van der Waals surface area contributed by atoms with Gasteiger partial charge in [0, 0.05) is 14.1 Å². The molecule has 0 saturated carbocycles. The lowest BCUT2D eigenvalue weighted by Gasteiger charge is -2.03. The monoisotopic (exact) mass is 261 g/mol. The van der Waals surface area contributed by atoms with Crippen LogP contribution in [0.25, 0.3) is 5.69 Å². The van der Waals surface area contributed by atoms with E-state index in [0.717, 1.165) is 5.69 Å². The van der Waals surface area contributed by atoms with Crippen molar-refractivity contribution in [2.24, 2.45) is 4.99 Å². The maximum Gasteiger partial charge on any atom is 0.255 e. The fourth-order valence-electron chi connectivity index (χ4n) is 1.37. The van der Waals surface area contributed by atoms with Gasteiger partial charge in [0.25, 0.3) is 5.95 Å². The standard InChI is InChI=1S/C12H15N5S/c1-16(2)9-13-11-14-12(18-3)15-17(11)10-7-5-4-6-8-10/h4-9H,1-3H3. The van der Waals surface area contributed by atoms with Crippen LogP contribution in [-0.4, -0.2) is 46.4 Å². The number of rotatable bonds is 4. The van der Waals surface area contributed by atoms with Gasteiger partial charge in [-0.05, 0) is 18.4 Å². The molecule has 18 heavy (non-hydrogen) atoms. The van der Waals surface area contributed by atoms with Crippen LogP contribution in [-0.2, 0) is 0 Å². The van der Waals surface area contributed by atoms with Crippen molar-refractivity contribution in [3.8, 4) is 5.69 Å². The second-order valence-corrected chi connectivity index (χ2v) is 4.63. The molecule has 0 aliphatic carbocycles. The molecule has 0 atom stereocenters. The van der Waals surface area contributed by atoms with Crippen molar-refractivity contribution in [1.29, 1.82) is 0 Å². The SMILES string of the molecule is CSc1nc(N=CN(C)C)n(-c2ccccc2)n1. The largest absolute Gasteiger partial charge is 0.369 e. The second-order valence-electron chi connectivity index (χ2n) is 3.85. The summed E-state index contributed by atoms with van der Waals surface area (Å²) >= 11 is 1.50. The van der Waals surface area contributed by atoms with Crippen molar-refractivity contribution >= 4 is 24.0 Å². The van der Waals surface area contributed by atoms with Gasteiger partial charge >= 0.3 is 0 Å². The Labute approximate surface area is 111 Å². The smallest absolute Gasteiger partial charge is 0.255 e. The average molecular weight is 261 g/mol. The van der Waals surface area contributed by atoms with Gasteiger partial charge in [0.15, 0.2) is 0 Å². The molecule has 0 aliphatic rings. The zero-order valence-electron chi connectivity index (χ0n) is 10.6. The Kier molecular flexibility index (Phi) is 3.99. The molecule has 94 valence electrons. The predicted molar refractivity (Wildman–Crippen MR) is 75.0 cm³/mol. The Bertz CT molecular complexity index is 533. The Morgan fingerprint density at radius 2 is 2.00 bits per heavy atom. The van der Waals surface area contributed by atoms with E-state index in [2.05, 4.69) is 15.1 Å². The van der Waals surface area contributed by atoms with E-state index >= 15 is 0 Å². The summed E-state index contributed by atoms with van der Waals surface area (Å²) in [5, 5.41) is 5.13. The van der Waals surface area contributed by atoms with Crippen LogP contribution in [0.2, 0.25) is 0 Å². The first-order valence-electron chi connectivity index (χ1n) is 5.48. The van der Waals surface area contributed by atoms with Gasteiger partial charge in [-0.1, -0.05) is 30.0 Å². The van der Waals surface area contributed by atoms with E-state index in [-0.39, 0.29) is 0 Å². The van der Waals surface area contributed by atoms with Gasteiger partial charge in [-0.2, -0.15) is 9.67 Å². The van der Waals surface area contributed by atoms with E-state index in [9.17, 15) is 0 Å². The van der Waals surface area contributed by atoms with Crippen molar-refractivity contribution < 1.29 is 0 Å². The minimum atomic E-state index is 0.583. The van der Waals surface area contributed by atoms with Crippen molar-refractivity contribution in [3.05, 3.63) is 30.3 Å². The van der Waals surface area contributed by atoms with Crippen LogP contribution in [0.5, 0.6) is 0 Å². The van der Waals surface area contributed by atoms with Gasteiger partial charge in [-0.15, -0.1) is 5.10 Å². The van der Waals surface area contributed by atoms with E-state index in [1.807, 2.05) is 55.6 Å². The Hall–Kier alpha value is -1.82. The number of thioether (sulfide) groups is 1. The number of aliphatic imine (C=N–C) groups is 1. The molecule has 1 heterocycles. The third-order valence-corrected chi connectivity index (χ3v) is 2.70. The Morgan fingerprint density at radius 3 is 2.61 bits per heavy atom. The zero-order valence-corrected chi connectivity index (χ0v) is 11.4. The van der Waals surface area contributed by atoms with E-state index in [1.165, 1.54) is 11.8 Å². The average Bonchev–Trinajstić information content (AvgIpc) is 2.80. The summed E-state index contributed by atoms with van der Waals surface area (Å²) in [4.78, 5) is 10.6. The molecule has 1 aromatic heterocycles. The Morgan fingerprint density at radius 1 is 1.28 bits per heavy atom. The highest BCUT2D eigenvalue weighted by Crippen LogP contribution is 2.20. The molecule has 1 aromatic carbocycles. The number of para-hydroxylation sites is 1. The summed E-state index contributed by atoms with van der Waals surface area (Å²) in [6, 6.07) is 9.87. The van der Waals surface area contributed by atoms with Crippen molar-refractivity contribution in [2.75, 3.05) is 20.4 Å². The number of hydrogen-bond acceptors (Lipinski definition) is 4. The first kappa shape index (κ1) is 12.6. The maximum atomic E-state index is 4.41. The molecule has 2 rings (SSSR count). The third-order valence-electron chi connectivity index (χ3n) is 2.16. The van der Waals surface area contributed by atoms with Gasteiger partial charge in [-0.3, -0.25) is 0 Å². The zero-order chi connectivity index (χ0) is 13.0. The molecule has 2 aromatic rings. The molecule has 0 spiro atoms. The van der Waals surface area contributed by atoms with Gasteiger partial charge in [0.1, 0.15) is 0 Å². The van der Waals surface area contributed by atoms with Crippen LogP contribution < -0.4 is 0 Å². The fraction of sp³-hybridized carbons (Fsp3) is 0.250. The number of hydrogen-bond donors (Lipinski definition) is 0. The first-order valence-corrected chi connectivity index (χ1v) is 6.70. The van der Waals surface area contributed by atoms with Crippen molar-refractivity contribution in [2.45, 2.75) is 5.16 Å². The number of nitrogens with zero attached hydrogens (tertiary/aromatic N) is 5. The van der Waals surface area contributed by atoms with Crippen LogP contribution in [0.3, 0.4) is 0 Å². The molecule has 6 heteroatoms. The van der Waals surface area contributed by atoms with Gasteiger partial charge < -0.3 is 4.90 Å². The topological polar surface area (TPSA) is 46.3 Å². The number of aromatic nitrogens is 3. The summed E-state index contributed by atoms with van der Waals surface area (Å²) in [7, 11) is 3.84. The number of benzene rings is 1. The highest BCUT2D eigenvalue weighted by Gasteiger charge is 2.09. The molecule has 0 N–H and O–H groups in total. The van der Waals surface area contributed by atoms with Gasteiger partial charge in [0.05, 0.1) is 12.0 Å². The molecule has 0 aliphatic heterocycles. The quantitative estimate of drug-likeness (QED) is 0.481. The summed E-state index contributed by atoms with van der Waals surface area (Å²) in [6.07, 6.45) is 3.66. The molecule has 5 nitrogen and oxygen atoms in total. The molecule has 0 saturated heterocycles. The van der Waals surface area contributed by atoms with Crippen molar-refractivity contribution in [1.82, 2.24) is 19.7 Å². The molecule has 0 radical (unpaired) electrons. The molecular formula is C12H15N5S. The molecule has 0 amide bonds. The lowest BCUT2D eigenvalue weighted by molar-refractivity contribution is 0.642. The van der Waals surface area contributed by atoms with Crippen LogP contribution in [0, 0.1) is 0 Å². The summed E-state index contributed by atoms with van der Waals surface area (Å²) < 4.78 is 1.74. The first-order chi connectivity index (χ1) is 8.70. The maximum absolute atomic E-state index is 4.41.